The Morgan fingerprint density at radius 3 is 2.12 bits per heavy atom. The van der Waals surface area contributed by atoms with Gasteiger partial charge in [-0.2, -0.15) is 0 Å². The summed E-state index contributed by atoms with van der Waals surface area (Å²) in [5.74, 6) is 0.280. The van der Waals surface area contributed by atoms with Gasteiger partial charge in [-0.05, 0) is 64.1 Å². The van der Waals surface area contributed by atoms with Crippen LogP contribution in [0.25, 0.3) is 0 Å². The van der Waals surface area contributed by atoms with Crippen LogP contribution in [0.15, 0.2) is 59.5 Å². The second-order valence-electron chi connectivity index (χ2n) is 6.94. The molecule has 2 N–H and O–H groups in total. The van der Waals surface area contributed by atoms with Gasteiger partial charge in [-0.1, -0.05) is 18.2 Å². The molecule has 2 aromatic carbocycles. The van der Waals surface area contributed by atoms with Crippen molar-refractivity contribution in [2.75, 3.05) is 5.32 Å². The first-order valence-electron chi connectivity index (χ1n) is 8.23. The fraction of sp³-hybridized carbons (Fsp3) is 0.316. The molecule has 0 aliphatic carbocycles. The van der Waals surface area contributed by atoms with Crippen molar-refractivity contribution in [3.05, 3.63) is 54.6 Å². The van der Waals surface area contributed by atoms with Gasteiger partial charge in [0.1, 0.15) is 5.75 Å². The van der Waals surface area contributed by atoms with Crippen LogP contribution < -0.4 is 14.8 Å². The van der Waals surface area contributed by atoms with Crippen LogP contribution in [0.1, 0.15) is 27.7 Å². The van der Waals surface area contributed by atoms with Crippen LogP contribution in [-0.2, 0) is 14.8 Å². The SMILES string of the molecule is CC(Oc1ccccc1)C(=O)Nc1ccc(S(=O)(=O)NC(C)(C)C)cc1. The Balaban J connectivity index is 2.01. The molecular weight excluding hydrogens is 352 g/mol. The fourth-order valence-corrected chi connectivity index (χ4v) is 3.60. The van der Waals surface area contributed by atoms with Crippen LogP contribution in [0.4, 0.5) is 5.69 Å². The molecule has 1 atom stereocenters. The molecule has 0 saturated carbocycles. The van der Waals surface area contributed by atoms with Gasteiger partial charge in [-0.3, -0.25) is 4.79 Å². The molecule has 0 aliphatic heterocycles. The van der Waals surface area contributed by atoms with E-state index in [2.05, 4.69) is 10.0 Å². The van der Waals surface area contributed by atoms with Crippen molar-refractivity contribution < 1.29 is 17.9 Å². The second-order valence-corrected chi connectivity index (χ2v) is 8.62. The molecule has 0 saturated heterocycles. The second kappa shape index (κ2) is 7.88. The molecule has 6 nitrogen and oxygen atoms in total. The van der Waals surface area contributed by atoms with Gasteiger partial charge in [0.2, 0.25) is 10.0 Å². The summed E-state index contributed by atoms with van der Waals surface area (Å²) in [5.41, 5.74) is -0.0798. The van der Waals surface area contributed by atoms with E-state index in [1.54, 1.807) is 52.0 Å². The van der Waals surface area contributed by atoms with Gasteiger partial charge in [0.25, 0.3) is 5.91 Å². The van der Waals surface area contributed by atoms with E-state index in [1.165, 1.54) is 12.1 Å². The number of benzene rings is 2. The van der Waals surface area contributed by atoms with Gasteiger partial charge in [0.15, 0.2) is 6.10 Å². The van der Waals surface area contributed by atoms with E-state index < -0.39 is 21.7 Å². The lowest BCUT2D eigenvalue weighted by Gasteiger charge is -2.20. The van der Waals surface area contributed by atoms with Gasteiger partial charge in [-0.25, -0.2) is 13.1 Å². The molecule has 0 aromatic heterocycles. The van der Waals surface area contributed by atoms with Gasteiger partial charge in [0, 0.05) is 11.2 Å². The van der Waals surface area contributed by atoms with E-state index in [1.807, 2.05) is 18.2 Å². The quantitative estimate of drug-likeness (QED) is 0.811. The first-order valence-corrected chi connectivity index (χ1v) is 9.72. The number of sulfonamides is 1. The third kappa shape index (κ3) is 5.86. The zero-order valence-electron chi connectivity index (χ0n) is 15.3. The van der Waals surface area contributed by atoms with E-state index in [-0.39, 0.29) is 10.8 Å². The Labute approximate surface area is 154 Å². The molecule has 7 heteroatoms. The lowest BCUT2D eigenvalue weighted by Crippen LogP contribution is -2.40. The number of hydrogen-bond donors (Lipinski definition) is 2. The molecule has 2 aromatic rings. The topological polar surface area (TPSA) is 84.5 Å². The minimum atomic E-state index is -3.61. The Hall–Kier alpha value is -2.38. The number of nitrogens with one attached hydrogen (secondary N) is 2. The normalized spacial score (nSPS) is 13.1. The summed E-state index contributed by atoms with van der Waals surface area (Å²) >= 11 is 0. The minimum Gasteiger partial charge on any atom is -0.481 e. The average molecular weight is 376 g/mol. The van der Waals surface area contributed by atoms with Crippen molar-refractivity contribution in [3.8, 4) is 5.75 Å². The molecule has 1 unspecified atom stereocenters. The van der Waals surface area contributed by atoms with E-state index in [4.69, 9.17) is 4.74 Å². The van der Waals surface area contributed by atoms with Crippen LogP contribution in [0, 0.1) is 0 Å². The number of hydrogen-bond acceptors (Lipinski definition) is 4. The Kier molecular flexibility index (Phi) is 6.05. The third-order valence-corrected chi connectivity index (χ3v) is 5.07. The molecular formula is C19H24N2O4S. The van der Waals surface area contributed by atoms with Crippen LogP contribution in [0.3, 0.4) is 0 Å². The summed E-state index contributed by atoms with van der Waals surface area (Å²) in [6, 6.07) is 15.0. The molecule has 0 aliphatic rings. The molecule has 0 heterocycles. The van der Waals surface area contributed by atoms with Gasteiger partial charge in [-0.15, -0.1) is 0 Å². The smallest absolute Gasteiger partial charge is 0.265 e. The zero-order valence-corrected chi connectivity index (χ0v) is 16.1. The van der Waals surface area contributed by atoms with Crippen LogP contribution in [-0.4, -0.2) is 26.0 Å². The van der Waals surface area contributed by atoms with Gasteiger partial charge >= 0.3 is 0 Å². The predicted octanol–water partition coefficient (Wildman–Crippen LogP) is 3.17. The predicted molar refractivity (Wildman–Crippen MR) is 102 cm³/mol. The summed E-state index contributed by atoms with van der Waals surface area (Å²) in [5, 5.41) is 2.71. The summed E-state index contributed by atoms with van der Waals surface area (Å²) < 4.78 is 32.7. The van der Waals surface area contributed by atoms with Gasteiger partial charge in [0.05, 0.1) is 4.90 Å². The fourth-order valence-electron chi connectivity index (χ4n) is 2.18. The number of anilines is 1. The summed E-state index contributed by atoms with van der Waals surface area (Å²) in [6.45, 7) is 6.96. The standard InChI is InChI=1S/C19H24N2O4S/c1-14(25-16-8-6-5-7-9-16)18(22)20-15-10-12-17(13-11-15)26(23,24)21-19(2,3)4/h5-14,21H,1-4H3,(H,20,22). The van der Waals surface area contributed by atoms with E-state index in [0.717, 1.165) is 0 Å². The van der Waals surface area contributed by atoms with Crippen molar-refractivity contribution in [1.82, 2.24) is 4.72 Å². The van der Waals surface area contributed by atoms with E-state index >= 15 is 0 Å². The summed E-state index contributed by atoms with van der Waals surface area (Å²) in [6.07, 6.45) is -0.691. The van der Waals surface area contributed by atoms with Crippen molar-refractivity contribution in [2.24, 2.45) is 0 Å². The maximum Gasteiger partial charge on any atom is 0.265 e. The van der Waals surface area contributed by atoms with Crippen molar-refractivity contribution >= 4 is 21.6 Å². The highest BCUT2D eigenvalue weighted by molar-refractivity contribution is 7.89. The van der Waals surface area contributed by atoms with Gasteiger partial charge < -0.3 is 10.1 Å². The molecule has 140 valence electrons. The minimum absolute atomic E-state index is 0.138. The number of para-hydroxylation sites is 1. The highest BCUT2D eigenvalue weighted by Gasteiger charge is 2.22. The van der Waals surface area contributed by atoms with Crippen molar-refractivity contribution in [2.45, 2.75) is 44.2 Å². The number of rotatable bonds is 6. The maximum absolute atomic E-state index is 12.3. The Morgan fingerprint density at radius 2 is 1.58 bits per heavy atom. The van der Waals surface area contributed by atoms with Crippen LogP contribution >= 0.6 is 0 Å². The molecule has 0 bridgehead atoms. The molecule has 1 amide bonds. The Morgan fingerprint density at radius 1 is 1.00 bits per heavy atom. The number of amides is 1. The largest absolute Gasteiger partial charge is 0.481 e. The molecule has 0 fully saturated rings. The van der Waals surface area contributed by atoms with Crippen LogP contribution in [0.2, 0.25) is 0 Å². The first-order chi connectivity index (χ1) is 12.1. The molecule has 0 spiro atoms. The number of carbonyl (C=O) groups excluding carboxylic acids is 1. The average Bonchev–Trinajstić information content (AvgIpc) is 2.54. The van der Waals surface area contributed by atoms with Crippen LogP contribution in [0.5, 0.6) is 5.75 Å². The van der Waals surface area contributed by atoms with E-state index in [9.17, 15) is 13.2 Å². The van der Waals surface area contributed by atoms with E-state index in [0.29, 0.717) is 11.4 Å². The lowest BCUT2D eigenvalue weighted by molar-refractivity contribution is -0.122. The highest BCUT2D eigenvalue weighted by Crippen LogP contribution is 2.17. The molecule has 26 heavy (non-hydrogen) atoms. The lowest BCUT2D eigenvalue weighted by atomic mass is 10.1. The van der Waals surface area contributed by atoms with Crippen molar-refractivity contribution in [3.63, 3.8) is 0 Å². The molecule has 0 radical (unpaired) electrons. The number of ether oxygens (including phenoxy) is 1. The summed E-state index contributed by atoms with van der Waals surface area (Å²) in [7, 11) is -3.61. The zero-order chi connectivity index (χ0) is 19.4. The number of carbonyl (C=O) groups is 1. The highest BCUT2D eigenvalue weighted by atomic mass is 32.2. The maximum atomic E-state index is 12.3. The first kappa shape index (κ1) is 19.9. The monoisotopic (exact) mass is 376 g/mol. The molecule has 2 rings (SSSR count). The van der Waals surface area contributed by atoms with Crippen molar-refractivity contribution in [1.29, 1.82) is 0 Å². The Bertz CT molecular complexity index is 841. The summed E-state index contributed by atoms with van der Waals surface area (Å²) in [4.78, 5) is 12.4. The third-order valence-electron chi connectivity index (χ3n) is 3.30.